The van der Waals surface area contributed by atoms with E-state index in [0.29, 0.717) is 0 Å². The fourth-order valence-corrected chi connectivity index (χ4v) is 1.81. The molecule has 0 aliphatic rings. The Morgan fingerprint density at radius 1 is 1.44 bits per heavy atom. The zero-order valence-corrected chi connectivity index (χ0v) is 9.45. The summed E-state index contributed by atoms with van der Waals surface area (Å²) in [5.41, 5.74) is 0.774. The molecule has 5 heteroatoms. The van der Waals surface area contributed by atoms with Crippen molar-refractivity contribution in [3.63, 3.8) is 0 Å². The maximum atomic E-state index is 11.7. The van der Waals surface area contributed by atoms with E-state index in [-0.39, 0.29) is 11.7 Å². The van der Waals surface area contributed by atoms with Gasteiger partial charge >= 0.3 is 0 Å². The smallest absolute Gasteiger partial charge is 0.293 e. The molecule has 0 fully saturated rings. The topological polar surface area (TPSA) is 55.1 Å². The van der Waals surface area contributed by atoms with Gasteiger partial charge in [-0.15, -0.1) is 11.8 Å². The lowest BCUT2D eigenvalue weighted by Gasteiger charge is -2.07. The second-order valence-corrected chi connectivity index (χ2v) is 3.87. The molecule has 1 aromatic heterocycles. The number of amides is 1. The second-order valence-electron chi connectivity index (χ2n) is 3.02. The largest absolute Gasteiger partial charge is 0.438 e. The summed E-state index contributed by atoms with van der Waals surface area (Å²) in [6.45, 7) is 0. The monoisotopic (exact) mass is 234 g/mol. The van der Waals surface area contributed by atoms with Crippen LogP contribution in [0.4, 0.5) is 5.69 Å². The number of rotatable bonds is 3. The molecule has 4 nitrogen and oxygen atoms in total. The van der Waals surface area contributed by atoms with Crippen molar-refractivity contribution in [3.8, 4) is 0 Å². The van der Waals surface area contributed by atoms with Crippen LogP contribution >= 0.6 is 11.8 Å². The van der Waals surface area contributed by atoms with E-state index in [4.69, 9.17) is 4.42 Å². The van der Waals surface area contributed by atoms with Gasteiger partial charge in [0.1, 0.15) is 0 Å². The molecule has 2 rings (SSSR count). The standard InChI is InChI=1S/C11H10N2O2S/c1-16-10-5-3-2-4-8(10)13-11(14)9-6-12-7-15-9/h2-7H,1H3,(H,13,14). The van der Waals surface area contributed by atoms with Gasteiger partial charge in [0.15, 0.2) is 6.39 Å². The second kappa shape index (κ2) is 4.85. The molecule has 0 saturated heterocycles. The zero-order chi connectivity index (χ0) is 11.4. The number of thioether (sulfide) groups is 1. The molecule has 0 saturated carbocycles. The number of para-hydroxylation sites is 1. The molecule has 0 aliphatic carbocycles. The third kappa shape index (κ3) is 2.25. The van der Waals surface area contributed by atoms with Gasteiger partial charge in [0.25, 0.3) is 5.91 Å². The van der Waals surface area contributed by atoms with Crippen LogP contribution in [0.2, 0.25) is 0 Å². The molecular formula is C11H10N2O2S. The molecule has 0 atom stereocenters. The van der Waals surface area contributed by atoms with Gasteiger partial charge in [0.05, 0.1) is 11.9 Å². The highest BCUT2D eigenvalue weighted by atomic mass is 32.2. The van der Waals surface area contributed by atoms with E-state index >= 15 is 0 Å². The van der Waals surface area contributed by atoms with Crippen molar-refractivity contribution in [2.24, 2.45) is 0 Å². The number of benzene rings is 1. The summed E-state index contributed by atoms with van der Waals surface area (Å²) in [5, 5.41) is 2.77. The van der Waals surface area contributed by atoms with Gasteiger partial charge in [-0.3, -0.25) is 4.79 Å². The summed E-state index contributed by atoms with van der Waals surface area (Å²) in [7, 11) is 0. The SMILES string of the molecule is CSc1ccccc1NC(=O)c1cnco1. The number of nitrogens with zero attached hydrogens (tertiary/aromatic N) is 1. The molecule has 0 aliphatic heterocycles. The fraction of sp³-hybridized carbons (Fsp3) is 0.0909. The molecule has 0 radical (unpaired) electrons. The minimum absolute atomic E-state index is 0.205. The van der Waals surface area contributed by atoms with Crippen LogP contribution in [0.3, 0.4) is 0 Å². The molecular weight excluding hydrogens is 224 g/mol. The predicted molar refractivity (Wildman–Crippen MR) is 62.7 cm³/mol. The lowest BCUT2D eigenvalue weighted by molar-refractivity contribution is 0.0996. The Hall–Kier alpha value is -1.75. The van der Waals surface area contributed by atoms with E-state index in [2.05, 4.69) is 10.3 Å². The lowest BCUT2D eigenvalue weighted by atomic mass is 10.3. The Labute approximate surface area is 97.1 Å². The van der Waals surface area contributed by atoms with E-state index in [0.717, 1.165) is 10.6 Å². The van der Waals surface area contributed by atoms with Crippen LogP contribution < -0.4 is 5.32 Å². The normalized spacial score (nSPS) is 10.1. The number of carbonyl (C=O) groups is 1. The van der Waals surface area contributed by atoms with Crippen molar-refractivity contribution < 1.29 is 9.21 Å². The van der Waals surface area contributed by atoms with Crippen molar-refractivity contribution in [2.75, 3.05) is 11.6 Å². The van der Waals surface area contributed by atoms with Crippen molar-refractivity contribution in [1.29, 1.82) is 0 Å². The highest BCUT2D eigenvalue weighted by Gasteiger charge is 2.10. The Kier molecular flexibility index (Phi) is 3.26. The zero-order valence-electron chi connectivity index (χ0n) is 8.64. The molecule has 1 aromatic carbocycles. The molecule has 1 N–H and O–H groups in total. The third-order valence-electron chi connectivity index (χ3n) is 2.01. The maximum Gasteiger partial charge on any atom is 0.293 e. The number of carbonyl (C=O) groups excluding carboxylic acids is 1. The molecule has 82 valence electrons. The fourth-order valence-electron chi connectivity index (χ4n) is 1.26. The molecule has 1 heterocycles. The number of oxazole rings is 1. The van der Waals surface area contributed by atoms with Gasteiger partial charge in [0.2, 0.25) is 5.76 Å². The first kappa shape index (κ1) is 10.8. The van der Waals surface area contributed by atoms with E-state index in [9.17, 15) is 4.79 Å². The first-order chi connectivity index (χ1) is 7.81. The summed E-state index contributed by atoms with van der Waals surface area (Å²) in [6, 6.07) is 7.59. The van der Waals surface area contributed by atoms with Crippen molar-refractivity contribution in [1.82, 2.24) is 4.98 Å². The first-order valence-electron chi connectivity index (χ1n) is 4.64. The van der Waals surface area contributed by atoms with Crippen molar-refractivity contribution >= 4 is 23.4 Å². The Balaban J connectivity index is 2.18. The van der Waals surface area contributed by atoms with E-state index in [1.54, 1.807) is 11.8 Å². The minimum atomic E-state index is -0.293. The van der Waals surface area contributed by atoms with Gasteiger partial charge in [-0.2, -0.15) is 0 Å². The third-order valence-corrected chi connectivity index (χ3v) is 2.81. The number of aromatic nitrogens is 1. The molecule has 16 heavy (non-hydrogen) atoms. The van der Waals surface area contributed by atoms with Gasteiger partial charge in [-0.1, -0.05) is 12.1 Å². The minimum Gasteiger partial charge on any atom is -0.438 e. The summed E-state index contributed by atoms with van der Waals surface area (Å²) in [5.74, 6) is -0.0880. The van der Waals surface area contributed by atoms with E-state index in [1.807, 2.05) is 30.5 Å². The Morgan fingerprint density at radius 3 is 2.94 bits per heavy atom. The molecule has 0 bridgehead atoms. The summed E-state index contributed by atoms with van der Waals surface area (Å²) >= 11 is 1.57. The van der Waals surface area contributed by atoms with Crippen LogP contribution in [0.25, 0.3) is 0 Å². The van der Waals surface area contributed by atoms with Crippen LogP contribution in [0.15, 0.2) is 46.2 Å². The van der Waals surface area contributed by atoms with Gasteiger partial charge in [-0.25, -0.2) is 4.98 Å². The predicted octanol–water partition coefficient (Wildman–Crippen LogP) is 2.65. The molecule has 2 aromatic rings. The van der Waals surface area contributed by atoms with Crippen LogP contribution in [0.1, 0.15) is 10.6 Å². The average molecular weight is 234 g/mol. The quantitative estimate of drug-likeness (QED) is 0.829. The van der Waals surface area contributed by atoms with Crippen LogP contribution in [-0.4, -0.2) is 17.1 Å². The van der Waals surface area contributed by atoms with Gasteiger partial charge in [0, 0.05) is 4.90 Å². The number of hydrogen-bond donors (Lipinski definition) is 1. The van der Waals surface area contributed by atoms with Crippen molar-refractivity contribution in [3.05, 3.63) is 42.6 Å². The number of nitrogens with one attached hydrogen (secondary N) is 1. The Bertz CT molecular complexity index is 482. The van der Waals surface area contributed by atoms with Crippen LogP contribution in [0, 0.1) is 0 Å². The highest BCUT2D eigenvalue weighted by molar-refractivity contribution is 7.98. The summed E-state index contributed by atoms with van der Waals surface area (Å²) < 4.78 is 4.91. The first-order valence-corrected chi connectivity index (χ1v) is 5.86. The van der Waals surface area contributed by atoms with E-state index < -0.39 is 0 Å². The molecule has 1 amide bonds. The van der Waals surface area contributed by atoms with E-state index in [1.165, 1.54) is 12.6 Å². The molecule has 0 unspecified atom stereocenters. The summed E-state index contributed by atoms with van der Waals surface area (Å²) in [4.78, 5) is 16.4. The van der Waals surface area contributed by atoms with Crippen molar-refractivity contribution in [2.45, 2.75) is 4.90 Å². The number of hydrogen-bond acceptors (Lipinski definition) is 4. The van der Waals surface area contributed by atoms with Crippen LogP contribution in [0.5, 0.6) is 0 Å². The lowest BCUT2D eigenvalue weighted by Crippen LogP contribution is -2.11. The highest BCUT2D eigenvalue weighted by Crippen LogP contribution is 2.24. The van der Waals surface area contributed by atoms with Gasteiger partial charge in [-0.05, 0) is 18.4 Å². The molecule has 0 spiro atoms. The number of anilines is 1. The maximum absolute atomic E-state index is 11.7. The summed E-state index contributed by atoms with van der Waals surface area (Å²) in [6.07, 6.45) is 4.58. The van der Waals surface area contributed by atoms with Crippen LogP contribution in [-0.2, 0) is 0 Å². The Morgan fingerprint density at radius 2 is 2.25 bits per heavy atom. The average Bonchev–Trinajstić information content (AvgIpc) is 2.83. The van der Waals surface area contributed by atoms with Gasteiger partial charge < -0.3 is 9.73 Å².